The van der Waals surface area contributed by atoms with E-state index in [9.17, 15) is 4.79 Å². The molecule has 0 aromatic carbocycles. The molecule has 1 amide bonds. The van der Waals surface area contributed by atoms with Gasteiger partial charge in [0.15, 0.2) is 0 Å². The number of hydrogen-bond acceptors (Lipinski definition) is 2. The maximum Gasteiger partial charge on any atom is 0.222 e. The number of likely N-dealkylation sites (tertiary alicyclic amines) is 1. The highest BCUT2D eigenvalue weighted by molar-refractivity contribution is 5.76. The van der Waals surface area contributed by atoms with Crippen LogP contribution in [0.3, 0.4) is 0 Å². The van der Waals surface area contributed by atoms with Crippen molar-refractivity contribution in [2.75, 3.05) is 13.1 Å². The zero-order valence-corrected chi connectivity index (χ0v) is 12.6. The van der Waals surface area contributed by atoms with Gasteiger partial charge in [0.2, 0.25) is 5.91 Å². The minimum Gasteiger partial charge on any atom is -0.342 e. The van der Waals surface area contributed by atoms with Gasteiger partial charge in [0.25, 0.3) is 0 Å². The molecule has 3 heteroatoms. The third kappa shape index (κ3) is 3.50. The summed E-state index contributed by atoms with van der Waals surface area (Å²) in [6.07, 6.45) is 7.96. The summed E-state index contributed by atoms with van der Waals surface area (Å²) >= 11 is 0. The van der Waals surface area contributed by atoms with E-state index in [1.165, 1.54) is 25.7 Å². The van der Waals surface area contributed by atoms with Crippen LogP contribution < -0.4 is 5.73 Å². The fraction of sp³-hybridized carbons (Fsp3) is 0.938. The first-order valence-corrected chi connectivity index (χ1v) is 8.19. The smallest absolute Gasteiger partial charge is 0.222 e. The molecular formula is C16H30N2O. The van der Waals surface area contributed by atoms with E-state index in [2.05, 4.69) is 18.7 Å². The summed E-state index contributed by atoms with van der Waals surface area (Å²) in [6.45, 7) is 6.33. The molecule has 1 saturated carbocycles. The Balaban J connectivity index is 1.80. The summed E-state index contributed by atoms with van der Waals surface area (Å²) in [6, 6.07) is 0.338. The lowest BCUT2D eigenvalue weighted by Gasteiger charge is -2.22. The molecular weight excluding hydrogens is 236 g/mol. The molecule has 19 heavy (non-hydrogen) atoms. The molecule has 0 bridgehead atoms. The summed E-state index contributed by atoms with van der Waals surface area (Å²) < 4.78 is 0. The van der Waals surface area contributed by atoms with Crippen molar-refractivity contribution < 1.29 is 4.79 Å². The first-order chi connectivity index (χ1) is 9.15. The van der Waals surface area contributed by atoms with Crippen LogP contribution in [0.15, 0.2) is 0 Å². The Morgan fingerprint density at radius 1 is 1.32 bits per heavy atom. The topological polar surface area (TPSA) is 46.3 Å². The number of rotatable bonds is 6. The Kier molecular flexibility index (Phi) is 5.26. The molecule has 1 aliphatic carbocycles. The maximum absolute atomic E-state index is 12.4. The van der Waals surface area contributed by atoms with Gasteiger partial charge in [-0.1, -0.05) is 33.1 Å². The highest BCUT2D eigenvalue weighted by Crippen LogP contribution is 2.37. The van der Waals surface area contributed by atoms with E-state index < -0.39 is 0 Å². The third-order valence-corrected chi connectivity index (χ3v) is 5.27. The quantitative estimate of drug-likeness (QED) is 0.803. The molecule has 4 unspecified atom stereocenters. The Hall–Kier alpha value is -0.570. The molecule has 0 spiro atoms. The molecule has 110 valence electrons. The lowest BCUT2D eigenvalue weighted by molar-refractivity contribution is -0.131. The minimum atomic E-state index is 0.338. The van der Waals surface area contributed by atoms with Crippen LogP contribution in [0.25, 0.3) is 0 Å². The van der Waals surface area contributed by atoms with Crippen LogP contribution in [0.5, 0.6) is 0 Å². The van der Waals surface area contributed by atoms with Crippen LogP contribution in [0.4, 0.5) is 0 Å². The van der Waals surface area contributed by atoms with E-state index >= 15 is 0 Å². The number of nitrogens with two attached hydrogens (primary N) is 1. The van der Waals surface area contributed by atoms with Gasteiger partial charge in [-0.3, -0.25) is 4.79 Å². The van der Waals surface area contributed by atoms with Crippen LogP contribution in [-0.2, 0) is 4.79 Å². The second kappa shape index (κ2) is 6.74. The zero-order chi connectivity index (χ0) is 13.8. The van der Waals surface area contributed by atoms with Crippen molar-refractivity contribution in [3.63, 3.8) is 0 Å². The standard InChI is InChI=1S/C16H30N2O/c1-3-5-6-12(4-2)9-16(19)18-10-13-7-8-15(17)14(13)11-18/h12-15H,3-11,17H2,1-2H3. The number of hydrogen-bond donors (Lipinski definition) is 1. The van der Waals surface area contributed by atoms with Gasteiger partial charge < -0.3 is 10.6 Å². The lowest BCUT2D eigenvalue weighted by atomic mass is 9.95. The Morgan fingerprint density at radius 2 is 2.11 bits per heavy atom. The largest absolute Gasteiger partial charge is 0.342 e. The molecule has 2 rings (SSSR count). The van der Waals surface area contributed by atoms with Gasteiger partial charge in [-0.2, -0.15) is 0 Å². The SMILES string of the molecule is CCCCC(CC)CC(=O)N1CC2CCC(N)C2C1. The van der Waals surface area contributed by atoms with E-state index in [4.69, 9.17) is 5.73 Å². The van der Waals surface area contributed by atoms with Crippen LogP contribution in [0.1, 0.15) is 58.8 Å². The Morgan fingerprint density at radius 3 is 2.74 bits per heavy atom. The monoisotopic (exact) mass is 266 g/mol. The number of fused-ring (bicyclic) bond motifs is 1. The van der Waals surface area contributed by atoms with Crippen LogP contribution in [-0.4, -0.2) is 29.9 Å². The van der Waals surface area contributed by atoms with Crippen molar-refractivity contribution in [3.8, 4) is 0 Å². The van der Waals surface area contributed by atoms with Crippen molar-refractivity contribution in [2.45, 2.75) is 64.8 Å². The molecule has 4 atom stereocenters. The average molecular weight is 266 g/mol. The fourth-order valence-corrected chi connectivity index (χ4v) is 3.83. The molecule has 2 fully saturated rings. The molecule has 0 aromatic rings. The fourth-order valence-electron chi connectivity index (χ4n) is 3.83. The normalized spacial score (nSPS) is 31.5. The number of nitrogens with zero attached hydrogens (tertiary/aromatic N) is 1. The van der Waals surface area contributed by atoms with Crippen molar-refractivity contribution >= 4 is 5.91 Å². The molecule has 0 radical (unpaired) electrons. The first kappa shape index (κ1) is 14.8. The van der Waals surface area contributed by atoms with Gasteiger partial charge in [-0.25, -0.2) is 0 Å². The van der Waals surface area contributed by atoms with Crippen LogP contribution >= 0.6 is 0 Å². The van der Waals surface area contributed by atoms with Crippen molar-refractivity contribution in [1.29, 1.82) is 0 Å². The van der Waals surface area contributed by atoms with Crippen molar-refractivity contribution in [3.05, 3.63) is 0 Å². The predicted molar refractivity (Wildman–Crippen MR) is 78.7 cm³/mol. The van der Waals surface area contributed by atoms with E-state index in [0.29, 0.717) is 29.7 Å². The zero-order valence-electron chi connectivity index (χ0n) is 12.6. The van der Waals surface area contributed by atoms with Gasteiger partial charge in [-0.05, 0) is 37.0 Å². The predicted octanol–water partition coefficient (Wildman–Crippen LogP) is 2.79. The highest BCUT2D eigenvalue weighted by Gasteiger charge is 2.42. The van der Waals surface area contributed by atoms with E-state index in [0.717, 1.165) is 32.4 Å². The Bertz CT molecular complexity index is 305. The molecule has 1 aliphatic heterocycles. The second-order valence-corrected chi connectivity index (χ2v) is 6.58. The Labute approximate surface area is 117 Å². The van der Waals surface area contributed by atoms with E-state index in [1.807, 2.05) is 0 Å². The van der Waals surface area contributed by atoms with Crippen molar-refractivity contribution in [1.82, 2.24) is 4.90 Å². The summed E-state index contributed by atoms with van der Waals surface area (Å²) in [5, 5.41) is 0. The van der Waals surface area contributed by atoms with E-state index in [1.54, 1.807) is 0 Å². The van der Waals surface area contributed by atoms with Gasteiger partial charge in [0, 0.05) is 25.6 Å². The summed E-state index contributed by atoms with van der Waals surface area (Å²) in [5.41, 5.74) is 6.14. The van der Waals surface area contributed by atoms with Crippen molar-refractivity contribution in [2.24, 2.45) is 23.5 Å². The number of carbonyl (C=O) groups excluding carboxylic acids is 1. The number of carbonyl (C=O) groups is 1. The van der Waals surface area contributed by atoms with E-state index in [-0.39, 0.29) is 0 Å². The van der Waals surface area contributed by atoms with Crippen LogP contribution in [0.2, 0.25) is 0 Å². The van der Waals surface area contributed by atoms with Crippen LogP contribution in [0, 0.1) is 17.8 Å². The molecule has 1 heterocycles. The molecule has 3 nitrogen and oxygen atoms in total. The average Bonchev–Trinajstić information content (AvgIpc) is 2.97. The van der Waals surface area contributed by atoms with Gasteiger partial charge in [-0.15, -0.1) is 0 Å². The minimum absolute atomic E-state index is 0.338. The second-order valence-electron chi connectivity index (χ2n) is 6.58. The highest BCUT2D eigenvalue weighted by atomic mass is 16.2. The summed E-state index contributed by atoms with van der Waals surface area (Å²) in [4.78, 5) is 14.5. The molecule has 2 aliphatic rings. The molecule has 1 saturated heterocycles. The summed E-state index contributed by atoms with van der Waals surface area (Å²) in [5.74, 6) is 2.24. The molecule has 2 N–H and O–H groups in total. The van der Waals surface area contributed by atoms with Gasteiger partial charge >= 0.3 is 0 Å². The third-order valence-electron chi connectivity index (χ3n) is 5.27. The number of unbranched alkanes of at least 4 members (excludes halogenated alkanes) is 1. The number of amides is 1. The van der Waals surface area contributed by atoms with Gasteiger partial charge in [0.05, 0.1) is 0 Å². The first-order valence-electron chi connectivity index (χ1n) is 8.19. The van der Waals surface area contributed by atoms with Gasteiger partial charge in [0.1, 0.15) is 0 Å². The summed E-state index contributed by atoms with van der Waals surface area (Å²) in [7, 11) is 0. The lowest BCUT2D eigenvalue weighted by Crippen LogP contribution is -2.34. The molecule has 0 aromatic heterocycles. The maximum atomic E-state index is 12.4.